The average molecular weight is 378 g/mol. The van der Waals surface area contributed by atoms with Gasteiger partial charge in [0.15, 0.2) is 15.6 Å². The number of phenols is 1. The Hall–Kier alpha value is -2.32. The zero-order chi connectivity index (χ0) is 18.7. The smallest absolute Gasteiger partial charge is 0.291 e. The molecular formula is C18H22N2O5S. The number of furan rings is 1. The molecule has 0 saturated carbocycles. The maximum absolute atomic E-state index is 12.4. The zero-order valence-electron chi connectivity index (χ0n) is 14.6. The van der Waals surface area contributed by atoms with Crippen molar-refractivity contribution in [3.05, 3.63) is 41.9 Å². The Bertz CT molecular complexity index is 898. The molecular weight excluding hydrogens is 356 g/mol. The standard InChI is InChI=1S/C18H22N2O5S/c1-2-26(23,24)14-6-7-16(21)15(11-14)19-18(22)17-8-5-13(25-17)12-20-9-3-4-10-20/h5-8,11,21H,2-4,9-10,12H2,1H3,(H,19,22). The van der Waals surface area contributed by atoms with Crippen LogP contribution in [0.25, 0.3) is 0 Å². The number of hydrogen-bond acceptors (Lipinski definition) is 6. The van der Waals surface area contributed by atoms with Gasteiger partial charge in [-0.15, -0.1) is 0 Å². The van der Waals surface area contributed by atoms with E-state index in [0.717, 1.165) is 13.1 Å². The molecule has 26 heavy (non-hydrogen) atoms. The monoisotopic (exact) mass is 378 g/mol. The molecule has 0 atom stereocenters. The van der Waals surface area contributed by atoms with Gasteiger partial charge in [-0.3, -0.25) is 9.69 Å². The fraction of sp³-hybridized carbons (Fsp3) is 0.389. The molecule has 2 aromatic rings. The number of nitrogens with zero attached hydrogens (tertiary/aromatic N) is 1. The number of phenolic OH excluding ortho intramolecular Hbond substituents is 1. The van der Waals surface area contributed by atoms with E-state index in [1.54, 1.807) is 12.1 Å². The number of hydrogen-bond donors (Lipinski definition) is 2. The molecule has 1 aromatic carbocycles. The van der Waals surface area contributed by atoms with Crippen LogP contribution in [0.1, 0.15) is 36.1 Å². The van der Waals surface area contributed by atoms with Crippen LogP contribution in [0, 0.1) is 0 Å². The largest absolute Gasteiger partial charge is 0.506 e. The molecule has 1 saturated heterocycles. The molecule has 0 radical (unpaired) electrons. The number of carbonyl (C=O) groups excluding carboxylic acids is 1. The van der Waals surface area contributed by atoms with Gasteiger partial charge >= 0.3 is 0 Å². The first-order valence-corrected chi connectivity index (χ1v) is 10.2. The molecule has 2 heterocycles. The van der Waals surface area contributed by atoms with E-state index in [1.807, 2.05) is 0 Å². The Kier molecular flexibility index (Phi) is 5.33. The maximum Gasteiger partial charge on any atom is 0.291 e. The molecule has 0 unspecified atom stereocenters. The van der Waals surface area contributed by atoms with Crippen molar-refractivity contribution in [3.8, 4) is 5.75 Å². The van der Waals surface area contributed by atoms with Crippen molar-refractivity contribution in [1.29, 1.82) is 0 Å². The summed E-state index contributed by atoms with van der Waals surface area (Å²) >= 11 is 0. The van der Waals surface area contributed by atoms with Crippen LogP contribution in [0.15, 0.2) is 39.6 Å². The molecule has 1 amide bonds. The lowest BCUT2D eigenvalue weighted by molar-refractivity contribution is 0.0993. The number of nitrogens with one attached hydrogen (secondary N) is 1. The topological polar surface area (TPSA) is 99.8 Å². The molecule has 2 N–H and O–H groups in total. The second-order valence-corrected chi connectivity index (χ2v) is 8.56. The van der Waals surface area contributed by atoms with Crippen LogP contribution in [0.5, 0.6) is 5.75 Å². The number of benzene rings is 1. The first-order valence-electron chi connectivity index (χ1n) is 8.57. The normalized spacial score (nSPS) is 15.3. The summed E-state index contributed by atoms with van der Waals surface area (Å²) in [5.74, 6) is -0.00867. The first-order chi connectivity index (χ1) is 12.4. The third kappa shape index (κ3) is 4.08. The van der Waals surface area contributed by atoms with E-state index in [1.165, 1.54) is 38.0 Å². The minimum atomic E-state index is -3.44. The number of aromatic hydroxyl groups is 1. The van der Waals surface area contributed by atoms with E-state index in [4.69, 9.17) is 4.42 Å². The molecule has 0 bridgehead atoms. The van der Waals surface area contributed by atoms with Crippen LogP contribution >= 0.6 is 0 Å². The highest BCUT2D eigenvalue weighted by Gasteiger charge is 2.19. The predicted molar refractivity (Wildman–Crippen MR) is 97.0 cm³/mol. The summed E-state index contributed by atoms with van der Waals surface area (Å²) in [6.07, 6.45) is 2.34. The summed E-state index contributed by atoms with van der Waals surface area (Å²) < 4.78 is 29.5. The highest BCUT2D eigenvalue weighted by Crippen LogP contribution is 2.27. The molecule has 0 aliphatic carbocycles. The SMILES string of the molecule is CCS(=O)(=O)c1ccc(O)c(NC(=O)c2ccc(CN3CCCC3)o2)c1. The molecule has 8 heteroatoms. The van der Waals surface area contributed by atoms with E-state index in [0.29, 0.717) is 12.3 Å². The molecule has 1 aliphatic heterocycles. The van der Waals surface area contributed by atoms with Gasteiger partial charge in [-0.25, -0.2) is 8.42 Å². The van der Waals surface area contributed by atoms with Crippen LogP contribution in [0.3, 0.4) is 0 Å². The summed E-state index contributed by atoms with van der Waals surface area (Å²) in [5.41, 5.74) is 0.0296. The van der Waals surface area contributed by atoms with Crippen molar-refractivity contribution in [1.82, 2.24) is 4.90 Å². The summed E-state index contributed by atoms with van der Waals surface area (Å²) in [6.45, 7) is 4.23. The fourth-order valence-corrected chi connectivity index (χ4v) is 3.81. The Morgan fingerprint density at radius 1 is 1.23 bits per heavy atom. The van der Waals surface area contributed by atoms with Gasteiger partial charge in [-0.2, -0.15) is 0 Å². The number of amides is 1. The van der Waals surface area contributed by atoms with Crippen LogP contribution in [0.2, 0.25) is 0 Å². The lowest BCUT2D eigenvalue weighted by Gasteiger charge is -2.11. The predicted octanol–water partition coefficient (Wildman–Crippen LogP) is 2.63. The van der Waals surface area contributed by atoms with Crippen molar-refractivity contribution in [3.63, 3.8) is 0 Å². The van der Waals surface area contributed by atoms with Crippen molar-refractivity contribution >= 4 is 21.4 Å². The summed E-state index contributed by atoms with van der Waals surface area (Å²) in [7, 11) is -3.44. The zero-order valence-corrected chi connectivity index (χ0v) is 15.4. The molecule has 7 nitrogen and oxygen atoms in total. The summed E-state index contributed by atoms with van der Waals surface area (Å²) in [6, 6.07) is 7.14. The number of carbonyl (C=O) groups is 1. The van der Waals surface area contributed by atoms with Crippen molar-refractivity contribution in [2.75, 3.05) is 24.2 Å². The van der Waals surface area contributed by atoms with E-state index in [2.05, 4.69) is 10.2 Å². The second-order valence-electron chi connectivity index (χ2n) is 6.29. The number of sulfone groups is 1. The van der Waals surface area contributed by atoms with Crippen LogP contribution in [-0.2, 0) is 16.4 Å². The van der Waals surface area contributed by atoms with Gasteiger partial charge in [-0.1, -0.05) is 6.92 Å². The van der Waals surface area contributed by atoms with Crippen LogP contribution in [-0.4, -0.2) is 43.2 Å². The Balaban J connectivity index is 1.73. The Morgan fingerprint density at radius 3 is 2.65 bits per heavy atom. The molecule has 140 valence electrons. The third-order valence-electron chi connectivity index (χ3n) is 4.42. The molecule has 1 fully saturated rings. The van der Waals surface area contributed by atoms with Gasteiger partial charge in [0, 0.05) is 0 Å². The third-order valence-corrected chi connectivity index (χ3v) is 6.15. The van der Waals surface area contributed by atoms with Crippen LogP contribution in [0.4, 0.5) is 5.69 Å². The summed E-state index contributed by atoms with van der Waals surface area (Å²) in [5, 5.41) is 12.4. The van der Waals surface area contributed by atoms with Gasteiger partial charge in [-0.05, 0) is 56.3 Å². The van der Waals surface area contributed by atoms with E-state index >= 15 is 0 Å². The fourth-order valence-electron chi connectivity index (χ4n) is 2.91. The minimum absolute atomic E-state index is 0.0296. The maximum atomic E-state index is 12.4. The minimum Gasteiger partial charge on any atom is -0.506 e. The summed E-state index contributed by atoms with van der Waals surface area (Å²) in [4.78, 5) is 14.7. The van der Waals surface area contributed by atoms with E-state index in [9.17, 15) is 18.3 Å². The van der Waals surface area contributed by atoms with Gasteiger partial charge in [0.1, 0.15) is 11.5 Å². The lowest BCUT2D eigenvalue weighted by Crippen LogP contribution is -2.18. The van der Waals surface area contributed by atoms with Crippen LogP contribution < -0.4 is 5.32 Å². The lowest BCUT2D eigenvalue weighted by atomic mass is 10.3. The highest BCUT2D eigenvalue weighted by molar-refractivity contribution is 7.91. The van der Waals surface area contributed by atoms with E-state index in [-0.39, 0.29) is 27.8 Å². The molecule has 3 rings (SSSR count). The van der Waals surface area contributed by atoms with Gasteiger partial charge in [0.25, 0.3) is 5.91 Å². The Labute approximate surface area is 152 Å². The van der Waals surface area contributed by atoms with E-state index < -0.39 is 15.7 Å². The molecule has 0 spiro atoms. The average Bonchev–Trinajstić information content (AvgIpc) is 3.29. The van der Waals surface area contributed by atoms with Gasteiger partial charge < -0.3 is 14.8 Å². The number of likely N-dealkylation sites (tertiary alicyclic amines) is 1. The molecule has 1 aromatic heterocycles. The van der Waals surface area contributed by atoms with Crippen molar-refractivity contribution in [2.45, 2.75) is 31.2 Å². The second kappa shape index (κ2) is 7.51. The van der Waals surface area contributed by atoms with Crippen molar-refractivity contribution < 1.29 is 22.7 Å². The van der Waals surface area contributed by atoms with Gasteiger partial charge in [0.05, 0.1) is 22.9 Å². The number of rotatable bonds is 6. The van der Waals surface area contributed by atoms with Gasteiger partial charge in [0.2, 0.25) is 0 Å². The quantitative estimate of drug-likeness (QED) is 0.750. The number of anilines is 1. The highest BCUT2D eigenvalue weighted by atomic mass is 32.2. The first kappa shape index (κ1) is 18.5. The molecule has 1 aliphatic rings. The van der Waals surface area contributed by atoms with Crippen molar-refractivity contribution in [2.24, 2.45) is 0 Å². The Morgan fingerprint density at radius 2 is 1.96 bits per heavy atom.